The van der Waals surface area contributed by atoms with Crippen molar-refractivity contribution >= 4 is 28.7 Å². The van der Waals surface area contributed by atoms with E-state index in [0.29, 0.717) is 11.3 Å². The summed E-state index contributed by atoms with van der Waals surface area (Å²) in [6.07, 6.45) is 0.999. The summed E-state index contributed by atoms with van der Waals surface area (Å²) in [7, 11) is 0. The van der Waals surface area contributed by atoms with Crippen LogP contribution in [0, 0.1) is 0 Å². The Morgan fingerprint density at radius 3 is 2.24 bits per heavy atom. The largest absolute Gasteiger partial charge is 0.325 e. The summed E-state index contributed by atoms with van der Waals surface area (Å²) in [6, 6.07) is 19.1. The number of carbonyl (C=O) groups is 2. The van der Waals surface area contributed by atoms with Crippen LogP contribution in [0.3, 0.4) is 0 Å². The van der Waals surface area contributed by atoms with Gasteiger partial charge in [-0.15, -0.1) is 11.3 Å². The fourth-order valence-corrected chi connectivity index (χ4v) is 3.92. The number of rotatable bonds is 8. The molecule has 0 aliphatic rings. The van der Waals surface area contributed by atoms with E-state index in [1.807, 2.05) is 18.4 Å². The van der Waals surface area contributed by atoms with Gasteiger partial charge in [0.2, 0.25) is 5.91 Å². The Balaban J connectivity index is 1.72. The van der Waals surface area contributed by atoms with E-state index in [2.05, 4.69) is 47.9 Å². The van der Waals surface area contributed by atoms with Crippen molar-refractivity contribution in [1.82, 2.24) is 5.32 Å². The quantitative estimate of drug-likeness (QED) is 0.504. The lowest BCUT2D eigenvalue weighted by molar-refractivity contribution is -0.117. The molecule has 2 N–H and O–H groups in total. The van der Waals surface area contributed by atoms with Crippen LogP contribution >= 0.6 is 11.3 Å². The van der Waals surface area contributed by atoms with Gasteiger partial charge in [-0.25, -0.2) is 0 Å². The second-order valence-corrected chi connectivity index (χ2v) is 8.03. The Hall–Kier alpha value is -2.76. The first-order valence-corrected chi connectivity index (χ1v) is 10.7. The first kappa shape index (κ1) is 21.0. The number of benzene rings is 2. The maximum atomic E-state index is 12.7. The predicted molar refractivity (Wildman–Crippen MR) is 120 cm³/mol. The normalized spacial score (nSPS) is 12.9. The minimum atomic E-state index is -0.402. The molecule has 0 unspecified atom stereocenters. The zero-order valence-electron chi connectivity index (χ0n) is 16.9. The van der Waals surface area contributed by atoms with Crippen LogP contribution in [0.2, 0.25) is 0 Å². The molecule has 0 radical (unpaired) electrons. The van der Waals surface area contributed by atoms with Gasteiger partial charge in [0.05, 0.1) is 12.1 Å². The maximum Gasteiger partial charge on any atom is 0.241 e. The molecule has 3 aromatic rings. The van der Waals surface area contributed by atoms with Crippen LogP contribution in [0.4, 0.5) is 5.69 Å². The predicted octanol–water partition coefficient (Wildman–Crippen LogP) is 5.22. The van der Waals surface area contributed by atoms with Gasteiger partial charge < -0.3 is 5.32 Å². The van der Waals surface area contributed by atoms with Crippen molar-refractivity contribution in [2.75, 3.05) is 5.32 Å². The molecule has 3 rings (SSSR count). The van der Waals surface area contributed by atoms with Crippen LogP contribution in [0.15, 0.2) is 66.0 Å². The highest BCUT2D eigenvalue weighted by Crippen LogP contribution is 2.27. The number of anilines is 1. The number of carbonyl (C=O) groups excluding carboxylic acids is 2. The highest BCUT2D eigenvalue weighted by atomic mass is 32.1. The van der Waals surface area contributed by atoms with E-state index >= 15 is 0 Å². The van der Waals surface area contributed by atoms with E-state index in [1.54, 1.807) is 35.6 Å². The summed E-state index contributed by atoms with van der Waals surface area (Å²) in [5.74, 6) is -0.113. The van der Waals surface area contributed by atoms with E-state index in [4.69, 9.17) is 0 Å². The Morgan fingerprint density at radius 2 is 1.69 bits per heavy atom. The van der Waals surface area contributed by atoms with Gasteiger partial charge in [-0.05, 0) is 67.1 Å². The fraction of sp³-hybridized carbons (Fsp3) is 0.250. The lowest BCUT2D eigenvalue weighted by Crippen LogP contribution is -2.40. The van der Waals surface area contributed by atoms with E-state index in [-0.39, 0.29) is 17.7 Å². The van der Waals surface area contributed by atoms with E-state index < -0.39 is 6.04 Å². The third-order valence-corrected chi connectivity index (χ3v) is 5.86. The highest BCUT2D eigenvalue weighted by molar-refractivity contribution is 7.10. The van der Waals surface area contributed by atoms with Crippen LogP contribution in [-0.2, 0) is 11.2 Å². The first-order chi connectivity index (χ1) is 14.0. The van der Waals surface area contributed by atoms with Crippen LogP contribution in [0.25, 0.3) is 0 Å². The third kappa shape index (κ3) is 5.40. The first-order valence-electron chi connectivity index (χ1n) is 9.78. The second kappa shape index (κ2) is 9.63. The van der Waals surface area contributed by atoms with Gasteiger partial charge in [-0.1, -0.05) is 37.3 Å². The van der Waals surface area contributed by atoms with E-state index in [9.17, 15) is 9.59 Å². The molecule has 4 nitrogen and oxygen atoms in total. The average molecular weight is 407 g/mol. The molecule has 0 saturated heterocycles. The topological polar surface area (TPSA) is 58.2 Å². The molecular formula is C24H26N2O2S. The lowest BCUT2D eigenvalue weighted by atomic mass is 10.0. The van der Waals surface area contributed by atoms with Crippen molar-refractivity contribution in [2.45, 2.75) is 39.3 Å². The van der Waals surface area contributed by atoms with Crippen LogP contribution in [0.1, 0.15) is 53.2 Å². The minimum absolute atomic E-state index is 0.00536. The van der Waals surface area contributed by atoms with Gasteiger partial charge in [-0.3, -0.25) is 14.9 Å². The molecule has 5 heteroatoms. The summed E-state index contributed by atoms with van der Waals surface area (Å²) in [4.78, 5) is 25.3. The van der Waals surface area contributed by atoms with Gasteiger partial charge in [0, 0.05) is 16.1 Å². The van der Waals surface area contributed by atoms with Crippen molar-refractivity contribution in [3.8, 4) is 0 Å². The monoisotopic (exact) mass is 406 g/mol. The Bertz CT molecular complexity index is 948. The van der Waals surface area contributed by atoms with Crippen molar-refractivity contribution < 1.29 is 9.59 Å². The van der Waals surface area contributed by atoms with Crippen molar-refractivity contribution in [2.24, 2.45) is 0 Å². The van der Waals surface area contributed by atoms with Gasteiger partial charge in [0.15, 0.2) is 5.78 Å². The molecule has 0 aliphatic carbocycles. The van der Waals surface area contributed by atoms with E-state index in [1.165, 1.54) is 17.4 Å². The third-order valence-electron chi connectivity index (χ3n) is 4.92. The molecule has 1 heterocycles. The van der Waals surface area contributed by atoms with Crippen LogP contribution < -0.4 is 10.6 Å². The number of ketones is 1. The van der Waals surface area contributed by atoms with E-state index in [0.717, 1.165) is 12.0 Å². The summed E-state index contributed by atoms with van der Waals surface area (Å²) >= 11 is 1.67. The Labute approximate surface area is 176 Å². The second-order valence-electron chi connectivity index (χ2n) is 7.05. The standard InChI is InChI=1S/C24H26N2O2S/c1-4-18-7-9-20(10-8-18)23(22-6-5-15-29-22)25-16(2)24(28)26-21-13-11-19(12-14-21)17(3)27/h5-16,23,25H,4H2,1-3H3,(H,26,28)/t16-,23-/m0/s1. The van der Waals surface area contributed by atoms with Crippen molar-refractivity contribution in [3.63, 3.8) is 0 Å². The highest BCUT2D eigenvalue weighted by Gasteiger charge is 2.21. The molecular weight excluding hydrogens is 380 g/mol. The fourth-order valence-electron chi connectivity index (χ4n) is 3.11. The molecule has 1 amide bonds. The lowest BCUT2D eigenvalue weighted by Gasteiger charge is -2.23. The van der Waals surface area contributed by atoms with Gasteiger partial charge in [-0.2, -0.15) is 0 Å². The number of Topliss-reactive ketones (excluding diaryl/α,β-unsaturated/α-hetero) is 1. The number of hydrogen-bond acceptors (Lipinski definition) is 4. The van der Waals surface area contributed by atoms with Crippen molar-refractivity contribution in [3.05, 3.63) is 87.6 Å². The molecule has 0 saturated carbocycles. The number of thiophene rings is 1. The van der Waals surface area contributed by atoms with Gasteiger partial charge in [0.25, 0.3) is 0 Å². The van der Waals surface area contributed by atoms with Crippen LogP contribution in [0.5, 0.6) is 0 Å². The minimum Gasteiger partial charge on any atom is -0.325 e. The summed E-state index contributed by atoms with van der Waals surface area (Å²) in [5.41, 5.74) is 3.73. The average Bonchev–Trinajstić information content (AvgIpc) is 3.27. The van der Waals surface area contributed by atoms with Gasteiger partial charge in [0.1, 0.15) is 0 Å². The molecule has 0 bridgehead atoms. The summed E-state index contributed by atoms with van der Waals surface area (Å²) in [5, 5.41) is 8.43. The zero-order chi connectivity index (χ0) is 20.8. The summed E-state index contributed by atoms with van der Waals surface area (Å²) in [6.45, 7) is 5.52. The molecule has 150 valence electrons. The molecule has 2 atom stereocenters. The SMILES string of the molecule is CCc1ccc([C@H](N[C@@H](C)C(=O)Nc2ccc(C(C)=O)cc2)c2cccs2)cc1. The Kier molecular flexibility index (Phi) is 6.96. The molecule has 29 heavy (non-hydrogen) atoms. The number of amides is 1. The molecule has 2 aromatic carbocycles. The molecule has 0 aliphatic heterocycles. The number of nitrogens with one attached hydrogen (secondary N) is 2. The van der Waals surface area contributed by atoms with Gasteiger partial charge >= 0.3 is 0 Å². The van der Waals surface area contributed by atoms with Crippen molar-refractivity contribution in [1.29, 1.82) is 0 Å². The number of hydrogen-bond donors (Lipinski definition) is 2. The maximum absolute atomic E-state index is 12.7. The number of aryl methyl sites for hydroxylation is 1. The Morgan fingerprint density at radius 1 is 1.00 bits per heavy atom. The van der Waals surface area contributed by atoms with Crippen LogP contribution in [-0.4, -0.2) is 17.7 Å². The summed E-state index contributed by atoms with van der Waals surface area (Å²) < 4.78 is 0. The molecule has 0 spiro atoms. The molecule has 1 aromatic heterocycles. The smallest absolute Gasteiger partial charge is 0.241 e. The zero-order valence-corrected chi connectivity index (χ0v) is 17.8. The molecule has 0 fully saturated rings.